The maximum atomic E-state index is 12.0. The zero-order valence-electron chi connectivity index (χ0n) is 9.04. The molecule has 0 heterocycles. The maximum absolute atomic E-state index is 12.0. The summed E-state index contributed by atoms with van der Waals surface area (Å²) in [6.45, 7) is 1.17. The third kappa shape index (κ3) is 3.37. The Morgan fingerprint density at radius 1 is 1.44 bits per heavy atom. The van der Waals surface area contributed by atoms with E-state index in [9.17, 15) is 4.79 Å². The Bertz CT molecular complexity index is 382. The lowest BCUT2D eigenvalue weighted by Gasteiger charge is -2.17. The number of hydrogen-bond acceptors (Lipinski definition) is 2. The molecule has 88 valence electrons. The number of nitrogens with zero attached hydrogens (tertiary/aromatic N) is 1. The van der Waals surface area contributed by atoms with Crippen LogP contribution < -0.4 is 5.73 Å². The summed E-state index contributed by atoms with van der Waals surface area (Å²) in [7, 11) is 1.72. The SMILES string of the molecule is CN(CCCN)C(=O)c1cc(Cl)ccc1Cl. The van der Waals surface area contributed by atoms with Gasteiger partial charge in [0.1, 0.15) is 0 Å². The third-order valence-corrected chi connectivity index (χ3v) is 2.77. The topological polar surface area (TPSA) is 46.3 Å². The summed E-state index contributed by atoms with van der Waals surface area (Å²) in [6, 6.07) is 4.85. The van der Waals surface area contributed by atoms with Crippen molar-refractivity contribution in [3.8, 4) is 0 Å². The number of carbonyl (C=O) groups is 1. The molecule has 1 aromatic rings. The molecule has 0 atom stereocenters. The number of benzene rings is 1. The van der Waals surface area contributed by atoms with Crippen LogP contribution in [-0.2, 0) is 0 Å². The number of nitrogens with two attached hydrogens (primary N) is 1. The van der Waals surface area contributed by atoms with Gasteiger partial charge in [-0.3, -0.25) is 4.79 Å². The van der Waals surface area contributed by atoms with Crippen molar-refractivity contribution < 1.29 is 4.79 Å². The molecule has 0 bridgehead atoms. The summed E-state index contributed by atoms with van der Waals surface area (Å²) < 4.78 is 0. The van der Waals surface area contributed by atoms with Crippen LogP contribution in [0.2, 0.25) is 10.0 Å². The fraction of sp³-hybridized carbons (Fsp3) is 0.364. The van der Waals surface area contributed by atoms with Crippen LogP contribution >= 0.6 is 23.2 Å². The normalized spacial score (nSPS) is 10.2. The van der Waals surface area contributed by atoms with E-state index >= 15 is 0 Å². The second kappa shape index (κ2) is 6.09. The molecule has 2 N–H and O–H groups in total. The number of amides is 1. The molecule has 1 aromatic carbocycles. The Morgan fingerprint density at radius 3 is 2.75 bits per heavy atom. The van der Waals surface area contributed by atoms with Crippen molar-refractivity contribution in [2.24, 2.45) is 5.73 Å². The smallest absolute Gasteiger partial charge is 0.255 e. The van der Waals surface area contributed by atoms with Gasteiger partial charge in [0, 0.05) is 18.6 Å². The second-order valence-corrected chi connectivity index (χ2v) is 4.34. The van der Waals surface area contributed by atoms with Crippen LogP contribution in [0.1, 0.15) is 16.8 Å². The molecule has 0 aliphatic heterocycles. The summed E-state index contributed by atoms with van der Waals surface area (Å²) in [5.74, 6) is -0.138. The molecule has 0 aromatic heterocycles. The fourth-order valence-corrected chi connectivity index (χ4v) is 1.67. The quantitative estimate of drug-likeness (QED) is 0.904. The number of carbonyl (C=O) groups excluding carboxylic acids is 1. The predicted molar refractivity (Wildman–Crippen MR) is 67.1 cm³/mol. The molecule has 0 unspecified atom stereocenters. The van der Waals surface area contributed by atoms with Gasteiger partial charge in [0.25, 0.3) is 5.91 Å². The van der Waals surface area contributed by atoms with Crippen molar-refractivity contribution in [3.63, 3.8) is 0 Å². The Hall–Kier alpha value is -0.770. The molecule has 16 heavy (non-hydrogen) atoms. The summed E-state index contributed by atoms with van der Waals surface area (Å²) in [5.41, 5.74) is 5.81. The first-order valence-electron chi connectivity index (χ1n) is 4.97. The standard InChI is InChI=1S/C11H14Cl2N2O/c1-15(6-2-5-14)11(16)9-7-8(12)3-4-10(9)13/h3-4,7H,2,5-6,14H2,1H3. The van der Waals surface area contributed by atoms with Crippen molar-refractivity contribution >= 4 is 29.1 Å². The van der Waals surface area contributed by atoms with Crippen molar-refractivity contribution in [2.45, 2.75) is 6.42 Å². The molecule has 0 aliphatic carbocycles. The van der Waals surface area contributed by atoms with Crippen molar-refractivity contribution in [2.75, 3.05) is 20.1 Å². The van der Waals surface area contributed by atoms with Crippen LogP contribution in [-0.4, -0.2) is 30.9 Å². The highest BCUT2D eigenvalue weighted by Gasteiger charge is 2.14. The van der Waals surface area contributed by atoms with E-state index in [0.29, 0.717) is 28.7 Å². The van der Waals surface area contributed by atoms with Gasteiger partial charge in [-0.25, -0.2) is 0 Å². The molecule has 0 fully saturated rings. The van der Waals surface area contributed by atoms with Crippen LogP contribution in [0.25, 0.3) is 0 Å². The molecular weight excluding hydrogens is 247 g/mol. The number of hydrogen-bond donors (Lipinski definition) is 1. The highest BCUT2D eigenvalue weighted by molar-refractivity contribution is 6.35. The van der Waals surface area contributed by atoms with Gasteiger partial charge < -0.3 is 10.6 Å². The molecule has 1 amide bonds. The van der Waals surface area contributed by atoms with E-state index in [1.807, 2.05) is 0 Å². The monoisotopic (exact) mass is 260 g/mol. The minimum Gasteiger partial charge on any atom is -0.342 e. The molecule has 1 rings (SSSR count). The first-order valence-corrected chi connectivity index (χ1v) is 5.72. The summed E-state index contributed by atoms with van der Waals surface area (Å²) >= 11 is 11.8. The van der Waals surface area contributed by atoms with Crippen LogP contribution in [0.4, 0.5) is 0 Å². The fourth-order valence-electron chi connectivity index (χ4n) is 1.30. The van der Waals surface area contributed by atoms with Crippen molar-refractivity contribution in [1.82, 2.24) is 4.90 Å². The molecule has 5 heteroatoms. The molecule has 0 saturated heterocycles. The minimum atomic E-state index is -0.138. The van der Waals surface area contributed by atoms with Gasteiger partial charge >= 0.3 is 0 Å². The zero-order chi connectivity index (χ0) is 12.1. The molecule has 0 saturated carbocycles. The average Bonchev–Trinajstić information content (AvgIpc) is 2.28. The van der Waals surface area contributed by atoms with E-state index < -0.39 is 0 Å². The first-order chi connectivity index (χ1) is 7.56. The van der Waals surface area contributed by atoms with E-state index in [0.717, 1.165) is 6.42 Å². The van der Waals surface area contributed by atoms with Crippen LogP contribution in [0.5, 0.6) is 0 Å². The molecule has 3 nitrogen and oxygen atoms in total. The van der Waals surface area contributed by atoms with Crippen LogP contribution in [0.15, 0.2) is 18.2 Å². The summed E-state index contributed by atoms with van der Waals surface area (Å²) in [5, 5.41) is 0.911. The van der Waals surface area contributed by atoms with Crippen molar-refractivity contribution in [1.29, 1.82) is 0 Å². The van der Waals surface area contributed by atoms with Crippen LogP contribution in [0.3, 0.4) is 0 Å². The van der Waals surface area contributed by atoms with E-state index in [4.69, 9.17) is 28.9 Å². The van der Waals surface area contributed by atoms with Gasteiger partial charge in [-0.1, -0.05) is 23.2 Å². The molecule has 0 radical (unpaired) electrons. The Kier molecular flexibility index (Phi) is 5.06. The summed E-state index contributed by atoms with van der Waals surface area (Å²) in [4.78, 5) is 13.6. The van der Waals surface area contributed by atoms with Gasteiger partial charge in [0.2, 0.25) is 0 Å². The number of halogens is 2. The van der Waals surface area contributed by atoms with Crippen molar-refractivity contribution in [3.05, 3.63) is 33.8 Å². The first kappa shape index (κ1) is 13.3. The molecular formula is C11H14Cl2N2O. The van der Waals surface area contributed by atoms with Gasteiger partial charge in [0.15, 0.2) is 0 Å². The highest BCUT2D eigenvalue weighted by atomic mass is 35.5. The maximum Gasteiger partial charge on any atom is 0.255 e. The third-order valence-electron chi connectivity index (χ3n) is 2.20. The van der Waals surface area contributed by atoms with Gasteiger partial charge in [-0.05, 0) is 31.2 Å². The van der Waals surface area contributed by atoms with E-state index in [1.165, 1.54) is 0 Å². The zero-order valence-corrected chi connectivity index (χ0v) is 10.6. The summed E-state index contributed by atoms with van der Waals surface area (Å²) in [6.07, 6.45) is 0.764. The van der Waals surface area contributed by atoms with Gasteiger partial charge in [-0.15, -0.1) is 0 Å². The Labute approximate surface area is 105 Å². The average molecular weight is 261 g/mol. The van der Waals surface area contributed by atoms with E-state index in [1.54, 1.807) is 30.1 Å². The lowest BCUT2D eigenvalue weighted by Crippen LogP contribution is -2.29. The largest absolute Gasteiger partial charge is 0.342 e. The second-order valence-electron chi connectivity index (χ2n) is 3.49. The van der Waals surface area contributed by atoms with Gasteiger partial charge in [-0.2, -0.15) is 0 Å². The lowest BCUT2D eigenvalue weighted by molar-refractivity contribution is 0.0794. The lowest BCUT2D eigenvalue weighted by atomic mass is 10.2. The Balaban J connectivity index is 2.83. The molecule has 0 aliphatic rings. The number of rotatable bonds is 4. The van der Waals surface area contributed by atoms with Gasteiger partial charge in [0.05, 0.1) is 10.6 Å². The molecule has 0 spiro atoms. The van der Waals surface area contributed by atoms with E-state index in [2.05, 4.69) is 0 Å². The minimum absolute atomic E-state index is 0.138. The highest BCUT2D eigenvalue weighted by Crippen LogP contribution is 2.21. The Morgan fingerprint density at radius 2 is 2.12 bits per heavy atom. The van der Waals surface area contributed by atoms with E-state index in [-0.39, 0.29) is 5.91 Å². The predicted octanol–water partition coefficient (Wildman–Crippen LogP) is 2.41. The van der Waals surface area contributed by atoms with Crippen LogP contribution in [0, 0.1) is 0 Å².